The number of hydrogen-bond acceptors (Lipinski definition) is 3. The van der Waals surface area contributed by atoms with Crippen LogP contribution in [0.5, 0.6) is 11.5 Å². The third kappa shape index (κ3) is 4.94. The van der Waals surface area contributed by atoms with Crippen molar-refractivity contribution in [3.63, 3.8) is 0 Å². The number of benzene rings is 3. The molecule has 3 rings (SSSR count). The monoisotopic (exact) mass is 393 g/mol. The van der Waals surface area contributed by atoms with E-state index in [9.17, 15) is 5.11 Å². The Labute approximate surface area is 171 Å². The Morgan fingerprint density at radius 1 is 0.821 bits per heavy atom. The lowest BCUT2D eigenvalue weighted by atomic mass is 9.88. The summed E-state index contributed by atoms with van der Waals surface area (Å²) in [6.45, 7) is 0.976. The molecule has 0 saturated carbocycles. The molecule has 0 bridgehead atoms. The molecule has 3 aromatic carbocycles. The normalized spacial score (nSPS) is 11.8. The molecule has 28 heavy (non-hydrogen) atoms. The van der Waals surface area contributed by atoms with Gasteiger partial charge in [0, 0.05) is 12.4 Å². The van der Waals surface area contributed by atoms with Gasteiger partial charge in [-0.25, -0.2) is 0 Å². The van der Waals surface area contributed by atoms with Crippen molar-refractivity contribution in [3.05, 3.63) is 95.6 Å². The van der Waals surface area contributed by atoms with E-state index in [1.807, 2.05) is 42.5 Å². The van der Waals surface area contributed by atoms with Gasteiger partial charge in [-0.05, 0) is 58.5 Å². The first-order chi connectivity index (χ1) is 13.7. The van der Waals surface area contributed by atoms with Crippen molar-refractivity contribution in [2.45, 2.75) is 6.42 Å². The van der Waals surface area contributed by atoms with Crippen LogP contribution in [-0.4, -0.2) is 24.1 Å². The molecular formula is C24H24ClNO2. The minimum absolute atomic E-state index is 0.247. The number of allylic oxidation sites excluding steroid dienone is 1. The highest BCUT2D eigenvalue weighted by Crippen LogP contribution is 2.35. The lowest BCUT2D eigenvalue weighted by molar-refractivity contribution is 0.328. The van der Waals surface area contributed by atoms with Crippen molar-refractivity contribution < 1.29 is 9.84 Å². The van der Waals surface area contributed by atoms with E-state index in [1.54, 1.807) is 12.1 Å². The molecule has 0 heterocycles. The molecule has 0 radical (unpaired) electrons. The Hall–Kier alpha value is -2.75. The minimum atomic E-state index is 0.247. The Morgan fingerprint density at radius 3 is 2.04 bits per heavy atom. The fraction of sp³-hybridized carbons (Fsp3) is 0.167. The summed E-state index contributed by atoms with van der Waals surface area (Å²) in [6, 6.07) is 25.6. The summed E-state index contributed by atoms with van der Waals surface area (Å²) in [5.41, 5.74) is 11.0. The maximum Gasteiger partial charge on any atom is 0.119 e. The quantitative estimate of drug-likeness (QED) is 0.402. The van der Waals surface area contributed by atoms with Crippen LogP contribution in [0.15, 0.2) is 78.9 Å². The molecule has 0 spiro atoms. The van der Waals surface area contributed by atoms with Crippen LogP contribution >= 0.6 is 11.6 Å². The number of alkyl halides is 1. The number of phenolic OH excluding ortho intramolecular Hbond substituents is 1. The van der Waals surface area contributed by atoms with E-state index in [4.69, 9.17) is 22.1 Å². The zero-order valence-corrected chi connectivity index (χ0v) is 16.4. The van der Waals surface area contributed by atoms with Gasteiger partial charge in [-0.3, -0.25) is 0 Å². The van der Waals surface area contributed by atoms with Gasteiger partial charge in [0.2, 0.25) is 0 Å². The third-order valence-corrected chi connectivity index (χ3v) is 4.64. The zero-order valence-electron chi connectivity index (χ0n) is 15.6. The third-order valence-electron chi connectivity index (χ3n) is 4.45. The number of rotatable bonds is 8. The minimum Gasteiger partial charge on any atom is -0.508 e. The summed E-state index contributed by atoms with van der Waals surface area (Å²) in [5.74, 6) is 1.55. The zero-order chi connectivity index (χ0) is 19.8. The second-order valence-corrected chi connectivity index (χ2v) is 6.74. The predicted octanol–water partition coefficient (Wildman–Crippen LogP) is 5.32. The number of phenols is 1. The molecule has 3 aromatic rings. The first-order valence-electron chi connectivity index (χ1n) is 9.30. The lowest BCUT2D eigenvalue weighted by Gasteiger charge is -2.17. The van der Waals surface area contributed by atoms with Crippen LogP contribution in [0, 0.1) is 0 Å². The van der Waals surface area contributed by atoms with Crippen molar-refractivity contribution in [3.8, 4) is 11.5 Å². The first kappa shape index (κ1) is 20.0. The van der Waals surface area contributed by atoms with Crippen LogP contribution in [0.2, 0.25) is 0 Å². The number of nitrogens with two attached hydrogens (primary N) is 1. The number of hydrogen-bond donors (Lipinski definition) is 2. The predicted molar refractivity (Wildman–Crippen MR) is 117 cm³/mol. The van der Waals surface area contributed by atoms with Gasteiger partial charge in [-0.15, -0.1) is 11.6 Å². The van der Waals surface area contributed by atoms with Crippen LogP contribution in [0.25, 0.3) is 11.1 Å². The Morgan fingerprint density at radius 2 is 1.43 bits per heavy atom. The molecule has 0 unspecified atom stereocenters. The van der Waals surface area contributed by atoms with Crippen LogP contribution < -0.4 is 10.5 Å². The number of halogens is 1. The molecule has 4 heteroatoms. The molecule has 3 nitrogen and oxygen atoms in total. The van der Waals surface area contributed by atoms with E-state index >= 15 is 0 Å². The van der Waals surface area contributed by atoms with Gasteiger partial charge in [0.05, 0.1) is 0 Å². The first-order valence-corrected chi connectivity index (χ1v) is 9.83. The van der Waals surface area contributed by atoms with Gasteiger partial charge in [0.15, 0.2) is 0 Å². The average Bonchev–Trinajstić information content (AvgIpc) is 2.74. The van der Waals surface area contributed by atoms with Crippen LogP contribution in [0.3, 0.4) is 0 Å². The summed E-state index contributed by atoms with van der Waals surface area (Å²) in [7, 11) is 0. The largest absolute Gasteiger partial charge is 0.508 e. The van der Waals surface area contributed by atoms with Crippen LogP contribution in [0.1, 0.15) is 23.1 Å². The highest BCUT2D eigenvalue weighted by molar-refractivity contribution is 6.18. The summed E-state index contributed by atoms with van der Waals surface area (Å²) < 4.78 is 5.61. The van der Waals surface area contributed by atoms with Crippen molar-refractivity contribution in [1.29, 1.82) is 0 Å². The second-order valence-electron chi connectivity index (χ2n) is 6.37. The molecule has 3 N–H and O–H groups in total. The van der Waals surface area contributed by atoms with E-state index in [-0.39, 0.29) is 5.75 Å². The highest BCUT2D eigenvalue weighted by Gasteiger charge is 2.14. The Kier molecular flexibility index (Phi) is 7.12. The average molecular weight is 394 g/mol. The molecule has 0 fully saturated rings. The molecule has 0 amide bonds. The van der Waals surface area contributed by atoms with Crippen molar-refractivity contribution in [2.24, 2.45) is 5.73 Å². The van der Waals surface area contributed by atoms with Crippen molar-refractivity contribution in [1.82, 2.24) is 0 Å². The summed E-state index contributed by atoms with van der Waals surface area (Å²) >= 11 is 6.16. The van der Waals surface area contributed by atoms with Gasteiger partial charge in [0.1, 0.15) is 18.1 Å². The van der Waals surface area contributed by atoms with Crippen LogP contribution in [-0.2, 0) is 0 Å². The molecule has 0 aliphatic carbocycles. The summed E-state index contributed by atoms with van der Waals surface area (Å²) in [6.07, 6.45) is 0.710. The number of aromatic hydroxyl groups is 1. The molecular weight excluding hydrogens is 370 g/mol. The fourth-order valence-corrected chi connectivity index (χ4v) is 3.37. The molecule has 144 valence electrons. The molecule has 0 aliphatic heterocycles. The topological polar surface area (TPSA) is 55.5 Å². The Bertz CT molecular complexity index is 904. The van der Waals surface area contributed by atoms with E-state index in [0.29, 0.717) is 25.5 Å². The smallest absolute Gasteiger partial charge is 0.119 e. The second kappa shape index (κ2) is 9.98. The molecule has 0 atom stereocenters. The van der Waals surface area contributed by atoms with Crippen molar-refractivity contribution in [2.75, 3.05) is 19.0 Å². The number of ether oxygens (including phenoxy) is 1. The maximum absolute atomic E-state index is 9.68. The molecule has 0 aliphatic rings. The van der Waals surface area contributed by atoms with Gasteiger partial charge in [-0.1, -0.05) is 54.6 Å². The van der Waals surface area contributed by atoms with E-state index in [0.717, 1.165) is 33.6 Å². The molecule has 0 aromatic heterocycles. The SMILES string of the molecule is NCCOc1ccc(C(=C(CCCl)c2ccc(O)cc2)c2ccccc2)cc1. The van der Waals surface area contributed by atoms with Gasteiger partial charge in [-0.2, -0.15) is 0 Å². The molecule has 0 saturated heterocycles. The fourth-order valence-electron chi connectivity index (χ4n) is 3.19. The van der Waals surface area contributed by atoms with Crippen molar-refractivity contribution >= 4 is 22.7 Å². The standard InChI is InChI=1S/C24H24ClNO2/c25-15-14-23(18-6-10-21(27)11-7-18)24(19-4-2-1-3-5-19)20-8-12-22(13-9-20)28-17-16-26/h1-13,27H,14-17,26H2. The summed E-state index contributed by atoms with van der Waals surface area (Å²) in [5, 5.41) is 9.68. The summed E-state index contributed by atoms with van der Waals surface area (Å²) in [4.78, 5) is 0. The van der Waals surface area contributed by atoms with E-state index in [1.165, 1.54) is 0 Å². The maximum atomic E-state index is 9.68. The van der Waals surface area contributed by atoms with Gasteiger partial charge in [0.25, 0.3) is 0 Å². The lowest BCUT2D eigenvalue weighted by Crippen LogP contribution is -2.10. The highest BCUT2D eigenvalue weighted by atomic mass is 35.5. The van der Waals surface area contributed by atoms with E-state index < -0.39 is 0 Å². The Balaban J connectivity index is 2.14. The van der Waals surface area contributed by atoms with E-state index in [2.05, 4.69) is 24.3 Å². The van der Waals surface area contributed by atoms with Crippen LogP contribution in [0.4, 0.5) is 0 Å². The van der Waals surface area contributed by atoms with Gasteiger partial charge >= 0.3 is 0 Å². The van der Waals surface area contributed by atoms with Gasteiger partial charge < -0.3 is 15.6 Å².